The quantitative estimate of drug-likeness (QED) is 0.686. The smallest absolute Gasteiger partial charge is 0.0503 e. The average molecular weight is 273 g/mol. The van der Waals surface area contributed by atoms with E-state index in [2.05, 4.69) is 26.1 Å². The van der Waals surface area contributed by atoms with Crippen LogP contribution < -0.4 is 5.32 Å². The summed E-state index contributed by atoms with van der Waals surface area (Å²) in [6.07, 6.45) is 8.54. The molecule has 0 amide bonds. The fraction of sp³-hybridized carbons (Fsp3) is 1.00. The van der Waals surface area contributed by atoms with Gasteiger partial charge in [0.05, 0.1) is 5.25 Å². The molecule has 0 saturated heterocycles. The molecular formula is C15H31NOS. The minimum absolute atomic E-state index is 0.403. The summed E-state index contributed by atoms with van der Waals surface area (Å²) in [5, 5.41) is 3.96. The molecule has 0 heterocycles. The molecule has 3 heteroatoms. The highest BCUT2D eigenvalue weighted by Crippen LogP contribution is 2.30. The second-order valence-corrected chi connectivity index (χ2v) is 7.36. The Bertz CT molecular complexity index is 245. The highest BCUT2D eigenvalue weighted by Gasteiger charge is 2.32. The molecule has 0 bridgehead atoms. The summed E-state index contributed by atoms with van der Waals surface area (Å²) in [6.45, 7) is 7.64. The van der Waals surface area contributed by atoms with Crippen molar-refractivity contribution in [1.82, 2.24) is 5.32 Å². The van der Waals surface area contributed by atoms with Crippen LogP contribution in [0.2, 0.25) is 0 Å². The molecular weight excluding hydrogens is 242 g/mol. The van der Waals surface area contributed by atoms with Gasteiger partial charge < -0.3 is 5.32 Å². The molecule has 4 atom stereocenters. The van der Waals surface area contributed by atoms with Gasteiger partial charge in [0.25, 0.3) is 0 Å². The summed E-state index contributed by atoms with van der Waals surface area (Å²) >= 11 is 0. The minimum atomic E-state index is -0.624. The molecule has 2 nitrogen and oxygen atoms in total. The van der Waals surface area contributed by atoms with Gasteiger partial charge in [0.15, 0.2) is 0 Å². The van der Waals surface area contributed by atoms with Crippen LogP contribution >= 0.6 is 0 Å². The van der Waals surface area contributed by atoms with Crippen LogP contribution in [0.25, 0.3) is 0 Å². The van der Waals surface area contributed by atoms with Crippen molar-refractivity contribution < 1.29 is 4.21 Å². The first-order valence-corrected chi connectivity index (χ1v) is 9.21. The van der Waals surface area contributed by atoms with Gasteiger partial charge in [0.2, 0.25) is 0 Å². The normalized spacial score (nSPS) is 30.3. The maximum Gasteiger partial charge on any atom is 0.0503 e. The van der Waals surface area contributed by atoms with Gasteiger partial charge >= 0.3 is 0 Å². The fourth-order valence-corrected chi connectivity index (χ4v) is 4.89. The number of unbranched alkanes of at least 4 members (excludes halogenated alkanes) is 2. The lowest BCUT2D eigenvalue weighted by molar-refractivity contribution is 0.294. The second-order valence-electron chi connectivity index (χ2n) is 5.58. The summed E-state index contributed by atoms with van der Waals surface area (Å²) in [5.74, 6) is 1.72. The van der Waals surface area contributed by atoms with Crippen molar-refractivity contribution >= 4 is 10.8 Å². The van der Waals surface area contributed by atoms with Crippen molar-refractivity contribution in [3.63, 3.8) is 0 Å². The Labute approximate surface area is 116 Å². The Morgan fingerprint density at radius 1 is 1.17 bits per heavy atom. The van der Waals surface area contributed by atoms with Crippen molar-refractivity contribution in [3.8, 4) is 0 Å². The van der Waals surface area contributed by atoms with Crippen molar-refractivity contribution in [2.75, 3.05) is 12.3 Å². The zero-order valence-electron chi connectivity index (χ0n) is 12.4. The van der Waals surface area contributed by atoms with Gasteiger partial charge in [0, 0.05) is 22.6 Å². The molecule has 0 aromatic carbocycles. The van der Waals surface area contributed by atoms with Gasteiger partial charge in [-0.3, -0.25) is 4.21 Å². The van der Waals surface area contributed by atoms with Crippen LogP contribution in [0.1, 0.15) is 65.7 Å². The molecule has 4 unspecified atom stereocenters. The lowest BCUT2D eigenvalue weighted by Crippen LogP contribution is -2.46. The highest BCUT2D eigenvalue weighted by atomic mass is 32.2. The molecule has 0 aromatic rings. The van der Waals surface area contributed by atoms with Gasteiger partial charge in [-0.2, -0.15) is 0 Å². The van der Waals surface area contributed by atoms with E-state index in [9.17, 15) is 4.21 Å². The Kier molecular flexibility index (Phi) is 8.16. The lowest BCUT2D eigenvalue weighted by Gasteiger charge is -2.35. The van der Waals surface area contributed by atoms with E-state index >= 15 is 0 Å². The molecule has 0 spiro atoms. The second kappa shape index (κ2) is 9.08. The van der Waals surface area contributed by atoms with E-state index < -0.39 is 10.8 Å². The monoisotopic (exact) mass is 273 g/mol. The predicted molar refractivity (Wildman–Crippen MR) is 81.4 cm³/mol. The van der Waals surface area contributed by atoms with Crippen LogP contribution in [0.5, 0.6) is 0 Å². The van der Waals surface area contributed by atoms with E-state index in [1.807, 2.05) is 0 Å². The van der Waals surface area contributed by atoms with Crippen molar-refractivity contribution in [3.05, 3.63) is 0 Å². The summed E-state index contributed by atoms with van der Waals surface area (Å²) in [6, 6.07) is 0.500. The lowest BCUT2D eigenvalue weighted by atomic mass is 9.84. The van der Waals surface area contributed by atoms with Crippen LogP contribution in [0, 0.1) is 5.92 Å². The van der Waals surface area contributed by atoms with Gasteiger partial charge in [-0.25, -0.2) is 0 Å². The van der Waals surface area contributed by atoms with Crippen LogP contribution in [-0.2, 0) is 10.8 Å². The maximum atomic E-state index is 12.5. The van der Waals surface area contributed by atoms with E-state index in [1.54, 1.807) is 0 Å². The molecule has 1 N–H and O–H groups in total. The summed E-state index contributed by atoms with van der Waals surface area (Å²) in [5.41, 5.74) is 0. The molecule has 1 aliphatic rings. The van der Waals surface area contributed by atoms with Crippen LogP contribution in [0.15, 0.2) is 0 Å². The number of rotatable bonds is 8. The van der Waals surface area contributed by atoms with Crippen molar-refractivity contribution in [1.29, 1.82) is 0 Å². The van der Waals surface area contributed by atoms with E-state index in [0.717, 1.165) is 24.6 Å². The van der Waals surface area contributed by atoms with Gasteiger partial charge in [0.1, 0.15) is 0 Å². The highest BCUT2D eigenvalue weighted by molar-refractivity contribution is 7.85. The van der Waals surface area contributed by atoms with E-state index in [4.69, 9.17) is 0 Å². The first-order chi connectivity index (χ1) is 8.72. The molecule has 18 heavy (non-hydrogen) atoms. The Morgan fingerprint density at radius 3 is 2.56 bits per heavy atom. The standard InChI is InChI=1S/C15H31NOS/c1-4-7-8-11-18(17)15-12-13(5-2)9-10-14(15)16-6-3/h13-16H,4-12H2,1-3H3. The SMILES string of the molecule is CCCCCS(=O)C1CC(CC)CCC1NCC. The molecule has 1 aliphatic carbocycles. The molecule has 1 saturated carbocycles. The number of hydrogen-bond acceptors (Lipinski definition) is 2. The third-order valence-electron chi connectivity index (χ3n) is 4.23. The maximum absolute atomic E-state index is 12.5. The van der Waals surface area contributed by atoms with Crippen molar-refractivity contribution in [2.24, 2.45) is 5.92 Å². The third-order valence-corrected chi connectivity index (χ3v) is 6.12. The zero-order chi connectivity index (χ0) is 13.4. The Hall–Kier alpha value is 0.110. The first-order valence-electron chi connectivity index (χ1n) is 7.83. The topological polar surface area (TPSA) is 29.1 Å². The Morgan fingerprint density at radius 2 is 1.94 bits per heavy atom. The molecule has 0 radical (unpaired) electrons. The molecule has 108 valence electrons. The molecule has 1 fully saturated rings. The number of hydrogen-bond donors (Lipinski definition) is 1. The average Bonchev–Trinajstić information content (AvgIpc) is 2.39. The summed E-state index contributed by atoms with van der Waals surface area (Å²) < 4.78 is 12.5. The molecule has 0 aliphatic heterocycles. The fourth-order valence-electron chi connectivity index (χ4n) is 3.01. The van der Waals surface area contributed by atoms with Crippen molar-refractivity contribution in [2.45, 2.75) is 77.0 Å². The van der Waals surface area contributed by atoms with E-state index in [0.29, 0.717) is 11.3 Å². The van der Waals surface area contributed by atoms with E-state index in [-0.39, 0.29) is 0 Å². The van der Waals surface area contributed by atoms with Crippen LogP contribution in [-0.4, -0.2) is 27.8 Å². The van der Waals surface area contributed by atoms with Gasteiger partial charge in [-0.1, -0.05) is 40.0 Å². The Balaban J connectivity index is 2.51. The zero-order valence-corrected chi connectivity index (χ0v) is 13.2. The minimum Gasteiger partial charge on any atom is -0.313 e. The number of nitrogens with one attached hydrogen (secondary N) is 1. The predicted octanol–water partition coefficient (Wildman–Crippen LogP) is 3.48. The van der Waals surface area contributed by atoms with Crippen LogP contribution in [0.3, 0.4) is 0 Å². The first kappa shape index (κ1) is 16.2. The van der Waals surface area contributed by atoms with Gasteiger partial charge in [-0.05, 0) is 38.1 Å². The van der Waals surface area contributed by atoms with Gasteiger partial charge in [-0.15, -0.1) is 0 Å². The molecule has 0 aromatic heterocycles. The molecule has 1 rings (SSSR count). The van der Waals surface area contributed by atoms with Crippen LogP contribution in [0.4, 0.5) is 0 Å². The largest absolute Gasteiger partial charge is 0.313 e. The third kappa shape index (κ3) is 5.00. The van der Waals surface area contributed by atoms with E-state index in [1.165, 1.54) is 38.5 Å². The summed E-state index contributed by atoms with van der Waals surface area (Å²) in [4.78, 5) is 0. The summed E-state index contributed by atoms with van der Waals surface area (Å²) in [7, 11) is -0.624.